The van der Waals surface area contributed by atoms with Crippen molar-refractivity contribution in [2.24, 2.45) is 5.73 Å². The largest absolute Gasteiger partial charge is 1.00 e. The van der Waals surface area contributed by atoms with Gasteiger partial charge in [-0.05, 0) is 32.1 Å². The minimum Gasteiger partial charge on any atom is -0.748 e. The van der Waals surface area contributed by atoms with Crippen LogP contribution in [0.25, 0.3) is 0 Å². The van der Waals surface area contributed by atoms with Crippen molar-refractivity contribution < 1.29 is 64.4 Å². The maximum Gasteiger partial charge on any atom is 1.00 e. The van der Waals surface area contributed by atoms with Gasteiger partial charge in [0.25, 0.3) is 0 Å². The molecule has 0 amide bonds. The van der Waals surface area contributed by atoms with E-state index >= 15 is 0 Å². The fourth-order valence-corrected chi connectivity index (χ4v) is 3.87. The fourth-order valence-electron chi connectivity index (χ4n) is 3.18. The average molecular weight is 428 g/mol. The van der Waals surface area contributed by atoms with E-state index in [0.29, 0.717) is 6.42 Å². The minimum atomic E-state index is -4.22. The molecule has 27 heavy (non-hydrogen) atoms. The fraction of sp³-hybridized carbons (Fsp3) is 0.905. The van der Waals surface area contributed by atoms with Gasteiger partial charge in [0.15, 0.2) is 0 Å². The normalized spacial score (nSPS) is 13.0. The van der Waals surface area contributed by atoms with E-state index in [1.54, 1.807) is 0 Å². The van der Waals surface area contributed by atoms with Gasteiger partial charge in [-0.3, -0.25) is 0 Å². The maximum absolute atomic E-state index is 10.9. The Morgan fingerprint density at radius 3 is 1.59 bits per heavy atom. The van der Waals surface area contributed by atoms with Crippen molar-refractivity contribution in [2.45, 2.75) is 115 Å². The minimum absolute atomic E-state index is 0. The van der Waals surface area contributed by atoms with Crippen molar-refractivity contribution in [2.75, 3.05) is 6.54 Å². The van der Waals surface area contributed by atoms with Gasteiger partial charge in [-0.2, -0.15) is 0 Å². The topological polar surface area (TPSA) is 83.2 Å². The van der Waals surface area contributed by atoms with Crippen LogP contribution in [0.15, 0.2) is 12.2 Å². The zero-order valence-electron chi connectivity index (χ0n) is 18.0. The Morgan fingerprint density at radius 2 is 1.19 bits per heavy atom. The molecule has 0 bridgehead atoms. The monoisotopic (exact) mass is 427 g/mol. The third kappa shape index (κ3) is 21.8. The molecule has 1 atom stereocenters. The Labute approximate surface area is 211 Å². The van der Waals surface area contributed by atoms with Crippen LogP contribution >= 0.6 is 0 Å². The summed E-state index contributed by atoms with van der Waals surface area (Å²) < 4.78 is 32.8. The molecule has 0 saturated carbocycles. The van der Waals surface area contributed by atoms with Gasteiger partial charge in [0, 0.05) is 6.54 Å². The van der Waals surface area contributed by atoms with Crippen LogP contribution in [0.5, 0.6) is 0 Å². The summed E-state index contributed by atoms with van der Waals surface area (Å²) in [5, 5.41) is -0.898. The Kier molecular flexibility index (Phi) is 24.7. The van der Waals surface area contributed by atoms with Crippen molar-refractivity contribution in [1.29, 1.82) is 0 Å². The number of hydrogen-bond donors (Lipinski definition) is 1. The van der Waals surface area contributed by atoms with E-state index in [4.69, 9.17) is 5.73 Å². The van der Waals surface area contributed by atoms with E-state index in [1.165, 1.54) is 77.0 Å². The molecule has 0 aliphatic heterocycles. The van der Waals surface area contributed by atoms with E-state index in [0.717, 1.165) is 19.3 Å². The van der Waals surface area contributed by atoms with Crippen LogP contribution in [-0.4, -0.2) is 24.8 Å². The molecular formula is C21H42KNO3S. The number of rotatable bonds is 19. The molecule has 0 aromatic rings. The standard InChI is InChI=1S/C21H43NO3S.K/c1-2-3-4-5-6-7-8-9-10-11-12-13-14-15-16-17-18-19-21(20-22)26(23,24)25;/h9-10,21H,2-8,11-20,22H2,1H3,(H,23,24,25);/q;+1/p-1/b10-9-;. The maximum atomic E-state index is 10.9. The number of nitrogens with two attached hydrogens (primary N) is 1. The molecule has 0 aliphatic carbocycles. The Hall–Kier alpha value is 1.25. The first kappa shape index (κ1) is 30.4. The SMILES string of the molecule is CCCCCCCC/C=C\CCCCCCCCCC(CN)S(=O)(=O)[O-].[K+]. The van der Waals surface area contributed by atoms with Gasteiger partial charge in [-0.25, -0.2) is 8.42 Å². The molecule has 0 aliphatic rings. The predicted octanol–water partition coefficient (Wildman–Crippen LogP) is 2.68. The van der Waals surface area contributed by atoms with Crippen LogP contribution in [0.1, 0.15) is 110 Å². The van der Waals surface area contributed by atoms with Gasteiger partial charge >= 0.3 is 51.4 Å². The van der Waals surface area contributed by atoms with E-state index in [-0.39, 0.29) is 57.9 Å². The second-order valence-corrected chi connectivity index (χ2v) is 9.08. The molecule has 0 radical (unpaired) electrons. The van der Waals surface area contributed by atoms with Crippen LogP contribution < -0.4 is 57.1 Å². The van der Waals surface area contributed by atoms with Crippen molar-refractivity contribution in [3.63, 3.8) is 0 Å². The molecule has 6 heteroatoms. The first-order chi connectivity index (χ1) is 12.5. The quantitative estimate of drug-likeness (QED) is 0.149. The Morgan fingerprint density at radius 1 is 0.778 bits per heavy atom. The van der Waals surface area contributed by atoms with E-state index < -0.39 is 15.4 Å². The summed E-state index contributed by atoms with van der Waals surface area (Å²) >= 11 is 0. The molecule has 1 unspecified atom stereocenters. The second kappa shape index (κ2) is 21.9. The van der Waals surface area contributed by atoms with Gasteiger partial charge in [0.05, 0.1) is 15.4 Å². The van der Waals surface area contributed by atoms with Gasteiger partial charge in [0.1, 0.15) is 0 Å². The predicted molar refractivity (Wildman–Crippen MR) is 111 cm³/mol. The van der Waals surface area contributed by atoms with E-state index in [9.17, 15) is 13.0 Å². The first-order valence-electron chi connectivity index (χ1n) is 10.8. The van der Waals surface area contributed by atoms with Crippen molar-refractivity contribution in [3.05, 3.63) is 12.2 Å². The molecule has 156 valence electrons. The van der Waals surface area contributed by atoms with E-state index in [2.05, 4.69) is 19.1 Å². The molecule has 0 aromatic heterocycles. The van der Waals surface area contributed by atoms with Gasteiger partial charge in [-0.1, -0.05) is 89.7 Å². The summed E-state index contributed by atoms with van der Waals surface area (Å²) in [6, 6.07) is 0. The first-order valence-corrected chi connectivity index (χ1v) is 12.3. The average Bonchev–Trinajstić information content (AvgIpc) is 2.59. The van der Waals surface area contributed by atoms with Gasteiger partial charge < -0.3 is 10.3 Å². The molecule has 0 saturated heterocycles. The van der Waals surface area contributed by atoms with Crippen LogP contribution in [-0.2, 0) is 10.1 Å². The van der Waals surface area contributed by atoms with Gasteiger partial charge in [-0.15, -0.1) is 0 Å². The van der Waals surface area contributed by atoms with Crippen LogP contribution in [0.4, 0.5) is 0 Å². The van der Waals surface area contributed by atoms with E-state index in [1.807, 2.05) is 0 Å². The zero-order chi connectivity index (χ0) is 19.5. The number of allylic oxidation sites excluding steroid dienone is 2. The summed E-state index contributed by atoms with van der Waals surface area (Å²) in [5.41, 5.74) is 5.35. The molecule has 2 N–H and O–H groups in total. The summed E-state index contributed by atoms with van der Waals surface area (Å²) in [6.07, 6.45) is 23.5. The molecule has 0 rings (SSSR count). The van der Waals surface area contributed by atoms with Crippen LogP contribution in [0, 0.1) is 0 Å². The molecule has 4 nitrogen and oxygen atoms in total. The Balaban J connectivity index is 0. The van der Waals surface area contributed by atoms with Crippen LogP contribution in [0.3, 0.4) is 0 Å². The molecule has 0 spiro atoms. The summed E-state index contributed by atoms with van der Waals surface area (Å²) in [5.74, 6) is 0. The van der Waals surface area contributed by atoms with Crippen LogP contribution in [0.2, 0.25) is 0 Å². The van der Waals surface area contributed by atoms with Crippen molar-refractivity contribution in [3.8, 4) is 0 Å². The number of unbranched alkanes of at least 4 members (excludes halogenated alkanes) is 13. The van der Waals surface area contributed by atoms with Gasteiger partial charge in [0.2, 0.25) is 0 Å². The summed E-state index contributed by atoms with van der Waals surface area (Å²) in [4.78, 5) is 0. The third-order valence-electron chi connectivity index (χ3n) is 4.96. The smallest absolute Gasteiger partial charge is 0.748 e. The van der Waals surface area contributed by atoms with Crippen molar-refractivity contribution >= 4 is 10.1 Å². The second-order valence-electron chi connectivity index (χ2n) is 7.43. The van der Waals surface area contributed by atoms with Crippen molar-refractivity contribution in [1.82, 2.24) is 0 Å². The molecule has 0 heterocycles. The number of hydrogen-bond acceptors (Lipinski definition) is 4. The summed E-state index contributed by atoms with van der Waals surface area (Å²) in [7, 11) is -4.22. The molecule has 0 aromatic carbocycles. The summed E-state index contributed by atoms with van der Waals surface area (Å²) in [6.45, 7) is 2.20. The zero-order valence-corrected chi connectivity index (χ0v) is 21.9. The molecule has 0 fully saturated rings. The third-order valence-corrected chi connectivity index (χ3v) is 6.20. The molecular weight excluding hydrogens is 385 g/mol. The Bertz CT molecular complexity index is 427.